The molecule has 1 aliphatic heterocycles. The minimum atomic E-state index is -0.141. The molecule has 2 heterocycles. The maximum Gasteiger partial charge on any atom is 0.261 e. The molecule has 0 aliphatic carbocycles. The Morgan fingerprint density at radius 2 is 2.44 bits per heavy atom. The lowest BCUT2D eigenvalue weighted by molar-refractivity contribution is -0.109. The van der Waals surface area contributed by atoms with Crippen molar-refractivity contribution in [2.45, 2.75) is 18.5 Å². The number of hydrogen-bond acceptors (Lipinski definition) is 4. The third-order valence-electron chi connectivity index (χ3n) is 2.46. The molecule has 0 aromatic carbocycles. The minimum Gasteiger partial charge on any atom is -0.347 e. The van der Waals surface area contributed by atoms with Gasteiger partial charge in [0.15, 0.2) is 0 Å². The molecular weight excluding hydrogens is 248 g/mol. The molecule has 1 fully saturated rings. The summed E-state index contributed by atoms with van der Waals surface area (Å²) in [5, 5.41) is 5.88. The Kier molecular flexibility index (Phi) is 3.58. The monoisotopic (exact) mass is 258 g/mol. The van der Waals surface area contributed by atoms with Crippen LogP contribution >= 0.6 is 22.9 Å². The summed E-state index contributed by atoms with van der Waals surface area (Å²) in [5.74, 6) is -0.129. The predicted octanol–water partition coefficient (Wildman–Crippen LogP) is 1.06. The van der Waals surface area contributed by atoms with Gasteiger partial charge in [-0.05, 0) is 18.6 Å². The molecular formula is C10H11ClN2O2S. The summed E-state index contributed by atoms with van der Waals surface area (Å²) >= 11 is 7.00. The normalized spacial score (nSPS) is 24.3. The van der Waals surface area contributed by atoms with E-state index in [0.29, 0.717) is 22.2 Å². The molecule has 86 valence electrons. The molecule has 6 heteroatoms. The second-order valence-corrected chi connectivity index (χ2v) is 5.38. The van der Waals surface area contributed by atoms with E-state index in [1.165, 1.54) is 11.3 Å². The summed E-state index contributed by atoms with van der Waals surface area (Å²) in [5.41, 5.74) is 0. The van der Waals surface area contributed by atoms with E-state index in [0.717, 1.165) is 6.29 Å². The molecule has 0 saturated carbocycles. The summed E-state index contributed by atoms with van der Waals surface area (Å²) < 4.78 is 0.598. The zero-order valence-corrected chi connectivity index (χ0v) is 9.98. The lowest BCUT2D eigenvalue weighted by atomic mass is 10.2. The van der Waals surface area contributed by atoms with E-state index in [-0.39, 0.29) is 18.0 Å². The van der Waals surface area contributed by atoms with Crippen LogP contribution in [0, 0.1) is 0 Å². The highest BCUT2D eigenvalue weighted by Crippen LogP contribution is 2.21. The molecule has 4 nitrogen and oxygen atoms in total. The molecule has 1 saturated heterocycles. The SMILES string of the molecule is O=C[C@@H]1C[C@@H](NC(=O)c2ccc(Cl)s2)CN1. The molecule has 0 spiro atoms. The van der Waals surface area contributed by atoms with Gasteiger partial charge in [0.2, 0.25) is 0 Å². The molecule has 2 N–H and O–H groups in total. The molecule has 0 unspecified atom stereocenters. The first kappa shape index (κ1) is 11.6. The zero-order valence-electron chi connectivity index (χ0n) is 8.40. The van der Waals surface area contributed by atoms with Gasteiger partial charge in [0.05, 0.1) is 15.3 Å². The van der Waals surface area contributed by atoms with Gasteiger partial charge in [-0.25, -0.2) is 0 Å². The largest absolute Gasteiger partial charge is 0.347 e. The third kappa shape index (κ3) is 2.61. The van der Waals surface area contributed by atoms with Gasteiger partial charge in [0.1, 0.15) is 6.29 Å². The van der Waals surface area contributed by atoms with Gasteiger partial charge in [-0.1, -0.05) is 11.6 Å². The molecule has 0 radical (unpaired) electrons. The summed E-state index contributed by atoms with van der Waals surface area (Å²) in [6, 6.07) is 3.27. The number of rotatable bonds is 3. The second-order valence-electron chi connectivity index (χ2n) is 3.66. The van der Waals surface area contributed by atoms with Crippen molar-refractivity contribution in [2.24, 2.45) is 0 Å². The lowest BCUT2D eigenvalue weighted by Crippen LogP contribution is -2.35. The average molecular weight is 259 g/mol. The number of aldehydes is 1. The zero-order chi connectivity index (χ0) is 11.5. The van der Waals surface area contributed by atoms with Gasteiger partial charge in [-0.15, -0.1) is 11.3 Å². The van der Waals surface area contributed by atoms with E-state index < -0.39 is 0 Å². The fraction of sp³-hybridized carbons (Fsp3) is 0.400. The smallest absolute Gasteiger partial charge is 0.261 e. The predicted molar refractivity (Wildman–Crippen MR) is 63.1 cm³/mol. The van der Waals surface area contributed by atoms with Crippen LogP contribution in [0.15, 0.2) is 12.1 Å². The van der Waals surface area contributed by atoms with E-state index in [4.69, 9.17) is 11.6 Å². The van der Waals surface area contributed by atoms with Gasteiger partial charge in [0, 0.05) is 12.6 Å². The molecule has 2 rings (SSSR count). The summed E-state index contributed by atoms with van der Waals surface area (Å²) in [6.07, 6.45) is 1.52. The Bertz CT molecular complexity index is 407. The summed E-state index contributed by atoms with van der Waals surface area (Å²) in [4.78, 5) is 22.9. The number of carbonyl (C=O) groups excluding carboxylic acids is 2. The van der Waals surface area contributed by atoms with Gasteiger partial charge < -0.3 is 15.4 Å². The number of thiophene rings is 1. The summed E-state index contributed by atoms with van der Waals surface area (Å²) in [7, 11) is 0. The van der Waals surface area contributed by atoms with Crippen LogP contribution in [-0.2, 0) is 4.79 Å². The van der Waals surface area contributed by atoms with Crippen molar-refractivity contribution in [3.8, 4) is 0 Å². The van der Waals surface area contributed by atoms with Crippen LogP contribution in [0.2, 0.25) is 4.34 Å². The number of amides is 1. The van der Waals surface area contributed by atoms with Crippen LogP contribution in [0.5, 0.6) is 0 Å². The van der Waals surface area contributed by atoms with Gasteiger partial charge in [-0.3, -0.25) is 4.79 Å². The van der Waals surface area contributed by atoms with Gasteiger partial charge in [-0.2, -0.15) is 0 Å². The Morgan fingerprint density at radius 1 is 1.62 bits per heavy atom. The first-order valence-electron chi connectivity index (χ1n) is 4.94. The lowest BCUT2D eigenvalue weighted by Gasteiger charge is -2.09. The van der Waals surface area contributed by atoms with E-state index in [1.807, 2.05) is 0 Å². The van der Waals surface area contributed by atoms with E-state index in [2.05, 4.69) is 10.6 Å². The van der Waals surface area contributed by atoms with Crippen LogP contribution < -0.4 is 10.6 Å². The van der Waals surface area contributed by atoms with Crippen molar-refractivity contribution in [1.82, 2.24) is 10.6 Å². The Hall–Kier alpha value is -0.910. The quantitative estimate of drug-likeness (QED) is 0.797. The Morgan fingerprint density at radius 3 is 3.00 bits per heavy atom. The number of hydrogen-bond donors (Lipinski definition) is 2. The third-order valence-corrected chi connectivity index (χ3v) is 3.69. The minimum absolute atomic E-state index is 0.0172. The van der Waals surface area contributed by atoms with Crippen LogP contribution in [0.1, 0.15) is 16.1 Å². The van der Waals surface area contributed by atoms with Crippen LogP contribution in [-0.4, -0.2) is 30.8 Å². The van der Waals surface area contributed by atoms with Crippen LogP contribution in [0.25, 0.3) is 0 Å². The highest BCUT2D eigenvalue weighted by molar-refractivity contribution is 7.17. The molecule has 0 bridgehead atoms. The van der Waals surface area contributed by atoms with Crippen LogP contribution in [0.4, 0.5) is 0 Å². The van der Waals surface area contributed by atoms with Crippen LogP contribution in [0.3, 0.4) is 0 Å². The van der Waals surface area contributed by atoms with E-state index in [9.17, 15) is 9.59 Å². The van der Waals surface area contributed by atoms with Gasteiger partial charge >= 0.3 is 0 Å². The molecule has 1 aliphatic rings. The average Bonchev–Trinajstić information content (AvgIpc) is 2.87. The van der Waals surface area contributed by atoms with Crippen molar-refractivity contribution in [3.05, 3.63) is 21.3 Å². The molecule has 1 amide bonds. The number of carbonyl (C=O) groups is 2. The topological polar surface area (TPSA) is 58.2 Å². The molecule has 16 heavy (non-hydrogen) atoms. The fourth-order valence-corrected chi connectivity index (χ4v) is 2.62. The molecule has 1 aromatic heterocycles. The number of nitrogens with one attached hydrogen (secondary N) is 2. The standard InChI is InChI=1S/C10H11ClN2O2S/c11-9-2-1-8(16-9)10(15)13-6-3-7(5-14)12-4-6/h1-2,5-7,12H,3-4H2,(H,13,15)/t6-,7+/m1/s1. The maximum absolute atomic E-state index is 11.7. The van der Waals surface area contributed by atoms with E-state index >= 15 is 0 Å². The van der Waals surface area contributed by atoms with Crippen molar-refractivity contribution in [2.75, 3.05) is 6.54 Å². The first-order chi connectivity index (χ1) is 7.69. The highest BCUT2D eigenvalue weighted by atomic mass is 35.5. The first-order valence-corrected chi connectivity index (χ1v) is 6.13. The highest BCUT2D eigenvalue weighted by Gasteiger charge is 2.25. The van der Waals surface area contributed by atoms with Gasteiger partial charge in [0.25, 0.3) is 5.91 Å². The van der Waals surface area contributed by atoms with Crippen molar-refractivity contribution in [1.29, 1.82) is 0 Å². The fourth-order valence-electron chi connectivity index (χ4n) is 1.67. The Balaban J connectivity index is 1.91. The van der Waals surface area contributed by atoms with Crippen molar-refractivity contribution in [3.63, 3.8) is 0 Å². The molecule has 1 aromatic rings. The number of halogens is 1. The summed E-state index contributed by atoms with van der Waals surface area (Å²) in [6.45, 7) is 0.633. The Labute approximate surface area is 102 Å². The molecule has 2 atom stereocenters. The van der Waals surface area contributed by atoms with Crippen molar-refractivity contribution < 1.29 is 9.59 Å². The maximum atomic E-state index is 11.7. The van der Waals surface area contributed by atoms with Crippen molar-refractivity contribution >= 4 is 35.1 Å². The van der Waals surface area contributed by atoms with E-state index in [1.54, 1.807) is 12.1 Å². The second kappa shape index (κ2) is 4.95.